The lowest BCUT2D eigenvalue weighted by atomic mass is 10.1. The maximum absolute atomic E-state index is 12.6. The Morgan fingerprint density at radius 3 is 2.86 bits per heavy atom. The zero-order chi connectivity index (χ0) is 15.9. The summed E-state index contributed by atoms with van der Waals surface area (Å²) in [5.74, 6) is -2.11. The van der Waals surface area contributed by atoms with Crippen molar-refractivity contribution >= 4 is 24.3 Å². The lowest BCUT2D eigenvalue weighted by Gasteiger charge is -2.19. The number of nitrogens with zero attached hydrogens (tertiary/aromatic N) is 3. The van der Waals surface area contributed by atoms with Gasteiger partial charge in [-0.15, -0.1) is 5.11 Å². The van der Waals surface area contributed by atoms with Gasteiger partial charge in [0.1, 0.15) is 11.1 Å². The summed E-state index contributed by atoms with van der Waals surface area (Å²) < 4.78 is 23.7. The molecule has 0 saturated carbocycles. The molecule has 1 aromatic heterocycles. The Morgan fingerprint density at radius 2 is 2.14 bits per heavy atom. The number of hydrogen-bond donors (Lipinski definition) is 0. The first-order valence-corrected chi connectivity index (χ1v) is 7.99. The lowest BCUT2D eigenvalue weighted by molar-refractivity contribution is 0.0980. The number of carbonyl (C=O) groups excluding carboxylic acids is 1. The molecule has 8 nitrogen and oxygen atoms in total. The van der Waals surface area contributed by atoms with Crippen molar-refractivity contribution in [2.24, 2.45) is 10.3 Å². The van der Waals surface area contributed by atoms with Crippen LogP contribution in [-0.2, 0) is 9.09 Å². The summed E-state index contributed by atoms with van der Waals surface area (Å²) in [7, 11) is -0.986. The van der Waals surface area contributed by atoms with Crippen LogP contribution in [0.3, 0.4) is 0 Å². The van der Waals surface area contributed by atoms with E-state index < -0.39 is 24.7 Å². The fraction of sp³-hybridized carbons (Fsp3) is 0.231. The van der Waals surface area contributed by atoms with Crippen LogP contribution in [0.15, 0.2) is 49.9 Å². The van der Waals surface area contributed by atoms with Gasteiger partial charge in [-0.1, -0.05) is 23.4 Å². The molecule has 3 rings (SSSR count). The molecule has 2 unspecified atom stereocenters. The van der Waals surface area contributed by atoms with E-state index in [4.69, 9.17) is 8.94 Å². The Labute approximate surface area is 124 Å². The minimum atomic E-state index is -3.58. The quantitative estimate of drug-likeness (QED) is 0.489. The Morgan fingerprint density at radius 1 is 1.41 bits per heavy atom. The van der Waals surface area contributed by atoms with Crippen molar-refractivity contribution in [3.8, 4) is 0 Å². The maximum Gasteiger partial charge on any atom is 0.347 e. The number of fused-ring (bicyclic) bond motifs is 1. The van der Waals surface area contributed by atoms with Gasteiger partial charge in [-0.2, -0.15) is 0 Å². The molecule has 0 fully saturated rings. The van der Waals surface area contributed by atoms with Gasteiger partial charge < -0.3 is 8.94 Å². The Bertz CT molecular complexity index is 891. The lowest BCUT2D eigenvalue weighted by Crippen LogP contribution is -2.26. The summed E-state index contributed by atoms with van der Waals surface area (Å²) in [6.45, 7) is 0. The molecular weight excluding hydrogens is 309 g/mol. The molecule has 2 heterocycles. The van der Waals surface area contributed by atoms with E-state index in [1.54, 1.807) is 24.3 Å². The van der Waals surface area contributed by atoms with Crippen molar-refractivity contribution in [2.75, 3.05) is 14.2 Å². The third kappa shape index (κ3) is 2.08. The highest BCUT2D eigenvalue weighted by molar-refractivity contribution is 7.58. The zero-order valence-electron chi connectivity index (χ0n) is 11.8. The first-order valence-electron chi connectivity index (χ1n) is 6.35. The van der Waals surface area contributed by atoms with Gasteiger partial charge in [-0.3, -0.25) is 9.36 Å². The smallest absolute Gasteiger partial charge is 0.347 e. The average Bonchev–Trinajstić information content (AvgIpc) is 2.82. The molecule has 2 aromatic rings. The summed E-state index contributed by atoms with van der Waals surface area (Å²) >= 11 is 0. The number of carbonyl (C=O) groups is 1. The first-order chi connectivity index (χ1) is 10.5. The highest BCUT2D eigenvalue weighted by Gasteiger charge is 2.48. The van der Waals surface area contributed by atoms with Crippen LogP contribution in [0.1, 0.15) is 10.4 Å². The van der Waals surface area contributed by atoms with Crippen molar-refractivity contribution in [1.82, 2.24) is 4.78 Å². The molecule has 0 aliphatic carbocycles. The largest absolute Gasteiger partial charge is 0.422 e. The Hall–Kier alpha value is -2.31. The number of benzene rings is 1. The van der Waals surface area contributed by atoms with Gasteiger partial charge in [-0.05, 0) is 12.1 Å². The molecule has 2 atom stereocenters. The van der Waals surface area contributed by atoms with Crippen LogP contribution in [0, 0.1) is 0 Å². The summed E-state index contributed by atoms with van der Waals surface area (Å²) in [5.41, 5.74) is -0.671. The van der Waals surface area contributed by atoms with Crippen LogP contribution < -0.4 is 5.63 Å². The van der Waals surface area contributed by atoms with Crippen LogP contribution >= 0.6 is 7.52 Å². The zero-order valence-corrected chi connectivity index (χ0v) is 12.7. The van der Waals surface area contributed by atoms with Crippen molar-refractivity contribution in [3.63, 3.8) is 0 Å². The highest BCUT2D eigenvalue weighted by Crippen LogP contribution is 2.58. The Balaban J connectivity index is 2.10. The van der Waals surface area contributed by atoms with Crippen molar-refractivity contribution in [3.05, 3.63) is 46.3 Å². The first kappa shape index (κ1) is 14.6. The Kier molecular flexibility index (Phi) is 3.42. The van der Waals surface area contributed by atoms with E-state index in [1.807, 2.05) is 0 Å². The van der Waals surface area contributed by atoms with Gasteiger partial charge in [0.15, 0.2) is 0 Å². The van der Waals surface area contributed by atoms with Crippen LogP contribution in [0.2, 0.25) is 0 Å². The SMILES string of the molecule is COP1(=O)C(C(=O)c2cc3ccccc3oc2=O)N=NN1C. The van der Waals surface area contributed by atoms with E-state index in [2.05, 4.69) is 10.3 Å². The van der Waals surface area contributed by atoms with E-state index in [1.165, 1.54) is 20.2 Å². The van der Waals surface area contributed by atoms with Crippen LogP contribution in [0.25, 0.3) is 11.0 Å². The summed E-state index contributed by atoms with van der Waals surface area (Å²) in [4.78, 5) is 24.5. The molecule has 1 aliphatic rings. The monoisotopic (exact) mass is 321 g/mol. The average molecular weight is 321 g/mol. The van der Waals surface area contributed by atoms with Gasteiger partial charge in [0.2, 0.25) is 11.6 Å². The van der Waals surface area contributed by atoms with Crippen LogP contribution in [0.5, 0.6) is 0 Å². The molecule has 22 heavy (non-hydrogen) atoms. The molecule has 0 bridgehead atoms. The summed E-state index contributed by atoms with van der Waals surface area (Å²) in [6, 6.07) is 8.18. The second-order valence-electron chi connectivity index (χ2n) is 4.66. The fourth-order valence-electron chi connectivity index (χ4n) is 2.19. The van der Waals surface area contributed by atoms with E-state index >= 15 is 0 Å². The predicted molar refractivity (Wildman–Crippen MR) is 77.8 cm³/mol. The molecule has 0 spiro atoms. The molecule has 0 N–H and O–H groups in total. The van der Waals surface area contributed by atoms with E-state index in [9.17, 15) is 14.2 Å². The number of para-hydroxylation sites is 1. The number of rotatable bonds is 3. The number of hydrogen-bond acceptors (Lipinski definition) is 7. The summed E-state index contributed by atoms with van der Waals surface area (Å²) in [5, 5.41) is 7.85. The fourth-order valence-corrected chi connectivity index (χ4v) is 3.72. The minimum Gasteiger partial charge on any atom is -0.422 e. The second kappa shape index (κ2) is 5.15. The van der Waals surface area contributed by atoms with E-state index in [-0.39, 0.29) is 5.56 Å². The van der Waals surface area contributed by atoms with E-state index in [0.29, 0.717) is 11.0 Å². The molecule has 0 radical (unpaired) electrons. The standard InChI is InChI=1S/C13H12N3O5P/c1-16-15-14-12(22(16,19)20-2)11(17)9-7-8-5-3-4-6-10(8)21-13(9)18/h3-7,12H,1-2H3. The third-order valence-corrected chi connectivity index (χ3v) is 5.77. The molecular formula is C13H12N3O5P. The normalized spacial score (nSPS) is 24.1. The van der Waals surface area contributed by atoms with E-state index in [0.717, 1.165) is 4.78 Å². The number of ketones is 1. The minimum absolute atomic E-state index is 0.227. The van der Waals surface area contributed by atoms with Crippen molar-refractivity contribution < 1.29 is 18.3 Å². The van der Waals surface area contributed by atoms with Gasteiger partial charge in [0.25, 0.3) is 0 Å². The van der Waals surface area contributed by atoms with Crippen LogP contribution in [-0.4, -0.2) is 30.5 Å². The van der Waals surface area contributed by atoms with Crippen molar-refractivity contribution in [1.29, 1.82) is 0 Å². The summed E-state index contributed by atoms with van der Waals surface area (Å²) in [6.07, 6.45) is 0. The number of Topliss-reactive ketones (excluding diaryl/α,β-unsaturated/α-hetero) is 1. The molecule has 9 heteroatoms. The van der Waals surface area contributed by atoms with Gasteiger partial charge in [-0.25, -0.2) is 9.57 Å². The topological polar surface area (TPSA) is 102 Å². The molecule has 1 aliphatic heterocycles. The maximum atomic E-state index is 12.6. The third-order valence-electron chi connectivity index (χ3n) is 3.41. The van der Waals surface area contributed by atoms with Gasteiger partial charge >= 0.3 is 13.1 Å². The molecule has 1 aromatic carbocycles. The van der Waals surface area contributed by atoms with Gasteiger partial charge in [0, 0.05) is 19.5 Å². The second-order valence-corrected chi connectivity index (χ2v) is 7.23. The van der Waals surface area contributed by atoms with Gasteiger partial charge in [0.05, 0.1) is 0 Å². The van der Waals surface area contributed by atoms with Crippen molar-refractivity contribution in [2.45, 2.75) is 5.78 Å². The molecule has 0 saturated heterocycles. The molecule has 0 amide bonds. The van der Waals surface area contributed by atoms with Crippen LogP contribution in [0.4, 0.5) is 0 Å². The molecule has 114 valence electrons. The predicted octanol–water partition coefficient (Wildman–Crippen LogP) is 2.45. The highest BCUT2D eigenvalue weighted by atomic mass is 31.2.